The van der Waals surface area contributed by atoms with Crippen molar-refractivity contribution in [3.63, 3.8) is 0 Å². The fourth-order valence-electron chi connectivity index (χ4n) is 1.59. The van der Waals surface area contributed by atoms with Crippen LogP contribution >= 0.6 is 0 Å². The average Bonchev–Trinajstić information content (AvgIpc) is 2.51. The van der Waals surface area contributed by atoms with Gasteiger partial charge in [0, 0.05) is 0 Å². The van der Waals surface area contributed by atoms with Crippen molar-refractivity contribution in [3.8, 4) is 0 Å². The second kappa shape index (κ2) is 5.90. The van der Waals surface area contributed by atoms with Crippen LogP contribution in [0.5, 0.6) is 0 Å². The van der Waals surface area contributed by atoms with Crippen LogP contribution in [0.25, 0.3) is 0 Å². The Hall–Kier alpha value is -0.795. The first-order valence-corrected chi connectivity index (χ1v) is 6.74. The standard InChI is InChI=1S/C12H17BO2.C3H8/c1-11(2)12(3,4)15-13(14-11)10-8-6-5-7-9-10;1-3-2/h5-9H,1-4H3;3H2,1-2H3. The van der Waals surface area contributed by atoms with E-state index in [1.807, 2.05) is 30.3 Å². The summed E-state index contributed by atoms with van der Waals surface area (Å²) < 4.78 is 11.9. The van der Waals surface area contributed by atoms with E-state index in [0.29, 0.717) is 0 Å². The third-order valence-corrected chi connectivity index (χ3v) is 3.32. The highest BCUT2D eigenvalue weighted by atomic mass is 16.7. The molecule has 0 N–H and O–H groups in total. The molecule has 0 radical (unpaired) electrons. The van der Waals surface area contributed by atoms with Crippen LogP contribution in [0.2, 0.25) is 0 Å². The molecular formula is C15H25BO2. The van der Waals surface area contributed by atoms with E-state index in [4.69, 9.17) is 9.31 Å². The normalized spacial score (nSPS) is 20.2. The van der Waals surface area contributed by atoms with Crippen LogP contribution in [0, 0.1) is 0 Å². The van der Waals surface area contributed by atoms with Gasteiger partial charge in [-0.25, -0.2) is 0 Å². The Morgan fingerprint density at radius 1 is 0.889 bits per heavy atom. The molecule has 1 fully saturated rings. The summed E-state index contributed by atoms with van der Waals surface area (Å²) in [4.78, 5) is 0. The van der Waals surface area contributed by atoms with Gasteiger partial charge in [-0.2, -0.15) is 0 Å². The molecule has 1 heterocycles. The minimum absolute atomic E-state index is 0.240. The van der Waals surface area contributed by atoms with Crippen LogP contribution in [0.1, 0.15) is 48.0 Å². The summed E-state index contributed by atoms with van der Waals surface area (Å²) in [5.74, 6) is 0. The van der Waals surface area contributed by atoms with Crippen LogP contribution in [0.4, 0.5) is 0 Å². The van der Waals surface area contributed by atoms with Crippen LogP contribution in [-0.2, 0) is 9.31 Å². The number of hydrogen-bond acceptors (Lipinski definition) is 2. The Kier molecular flexibility index (Phi) is 5.00. The number of hydrogen-bond donors (Lipinski definition) is 0. The number of rotatable bonds is 1. The lowest BCUT2D eigenvalue weighted by atomic mass is 9.79. The maximum absolute atomic E-state index is 5.93. The molecule has 0 bridgehead atoms. The molecule has 2 nitrogen and oxygen atoms in total. The molecular weight excluding hydrogens is 223 g/mol. The molecule has 1 aromatic carbocycles. The lowest BCUT2D eigenvalue weighted by Crippen LogP contribution is -2.41. The first-order valence-electron chi connectivity index (χ1n) is 6.74. The van der Waals surface area contributed by atoms with Gasteiger partial charge < -0.3 is 9.31 Å². The fraction of sp³-hybridized carbons (Fsp3) is 0.600. The molecule has 18 heavy (non-hydrogen) atoms. The van der Waals surface area contributed by atoms with Gasteiger partial charge in [0.1, 0.15) is 0 Å². The Balaban J connectivity index is 0.000000492. The zero-order chi connectivity index (χ0) is 13.8. The minimum Gasteiger partial charge on any atom is -0.399 e. The van der Waals surface area contributed by atoms with Crippen molar-refractivity contribution in [2.24, 2.45) is 0 Å². The molecule has 1 aliphatic heterocycles. The highest BCUT2D eigenvalue weighted by Gasteiger charge is 2.51. The molecule has 0 spiro atoms. The predicted octanol–water partition coefficient (Wildman–Crippen LogP) is 3.40. The molecule has 0 aromatic heterocycles. The highest BCUT2D eigenvalue weighted by molar-refractivity contribution is 6.62. The molecule has 1 aromatic rings. The summed E-state index contributed by atoms with van der Waals surface area (Å²) in [7, 11) is -0.240. The third-order valence-electron chi connectivity index (χ3n) is 3.32. The van der Waals surface area contributed by atoms with Crippen molar-refractivity contribution < 1.29 is 9.31 Å². The van der Waals surface area contributed by atoms with Gasteiger partial charge in [-0.1, -0.05) is 50.6 Å². The lowest BCUT2D eigenvalue weighted by Gasteiger charge is -2.32. The Morgan fingerprint density at radius 3 is 1.67 bits per heavy atom. The van der Waals surface area contributed by atoms with Gasteiger partial charge >= 0.3 is 7.12 Å². The van der Waals surface area contributed by atoms with Crippen molar-refractivity contribution in [1.82, 2.24) is 0 Å². The Labute approximate surface area is 112 Å². The monoisotopic (exact) mass is 248 g/mol. The van der Waals surface area contributed by atoms with Gasteiger partial charge in [0.2, 0.25) is 0 Å². The topological polar surface area (TPSA) is 18.5 Å². The predicted molar refractivity (Wildman–Crippen MR) is 78.1 cm³/mol. The maximum Gasteiger partial charge on any atom is 0.494 e. The summed E-state index contributed by atoms with van der Waals surface area (Å²) in [6, 6.07) is 10.1. The summed E-state index contributed by atoms with van der Waals surface area (Å²) >= 11 is 0. The fourth-order valence-corrected chi connectivity index (χ4v) is 1.59. The van der Waals surface area contributed by atoms with Gasteiger partial charge in [-0.05, 0) is 33.2 Å². The first kappa shape index (κ1) is 15.3. The first-order chi connectivity index (χ1) is 8.34. The highest BCUT2D eigenvalue weighted by Crippen LogP contribution is 2.36. The molecule has 0 amide bonds. The van der Waals surface area contributed by atoms with Crippen molar-refractivity contribution in [2.75, 3.05) is 0 Å². The van der Waals surface area contributed by atoms with E-state index in [1.165, 1.54) is 6.42 Å². The SMILES string of the molecule is CC1(C)OB(c2ccccc2)OC1(C)C.CCC. The summed E-state index contributed by atoms with van der Waals surface area (Å²) in [5.41, 5.74) is 0.567. The Bertz CT molecular complexity index is 344. The summed E-state index contributed by atoms with van der Waals surface area (Å²) in [6.45, 7) is 12.5. The zero-order valence-electron chi connectivity index (χ0n) is 12.5. The molecule has 0 unspecified atom stereocenters. The molecule has 1 saturated heterocycles. The molecule has 0 saturated carbocycles. The van der Waals surface area contributed by atoms with Crippen molar-refractivity contribution in [2.45, 2.75) is 59.2 Å². The van der Waals surface area contributed by atoms with Gasteiger partial charge in [0.05, 0.1) is 11.2 Å². The van der Waals surface area contributed by atoms with Crippen molar-refractivity contribution >= 4 is 12.6 Å². The van der Waals surface area contributed by atoms with Crippen molar-refractivity contribution in [1.29, 1.82) is 0 Å². The van der Waals surface area contributed by atoms with Crippen LogP contribution in [0.3, 0.4) is 0 Å². The van der Waals surface area contributed by atoms with Crippen LogP contribution in [-0.4, -0.2) is 18.3 Å². The second-order valence-corrected chi connectivity index (χ2v) is 5.71. The Morgan fingerprint density at radius 2 is 1.28 bits per heavy atom. The quantitative estimate of drug-likeness (QED) is 0.709. The van der Waals surface area contributed by atoms with E-state index in [9.17, 15) is 0 Å². The smallest absolute Gasteiger partial charge is 0.399 e. The third kappa shape index (κ3) is 3.36. The molecule has 2 rings (SSSR count). The molecule has 100 valence electrons. The van der Waals surface area contributed by atoms with Gasteiger partial charge in [-0.3, -0.25) is 0 Å². The van der Waals surface area contributed by atoms with E-state index < -0.39 is 0 Å². The number of benzene rings is 1. The molecule has 1 aliphatic rings. The lowest BCUT2D eigenvalue weighted by molar-refractivity contribution is 0.00578. The molecule has 0 atom stereocenters. The van der Waals surface area contributed by atoms with E-state index in [0.717, 1.165) is 5.46 Å². The second-order valence-electron chi connectivity index (χ2n) is 5.71. The average molecular weight is 248 g/mol. The zero-order valence-corrected chi connectivity index (χ0v) is 12.5. The maximum atomic E-state index is 5.93. The van der Waals surface area contributed by atoms with Crippen LogP contribution < -0.4 is 5.46 Å². The van der Waals surface area contributed by atoms with Crippen LogP contribution in [0.15, 0.2) is 30.3 Å². The van der Waals surface area contributed by atoms with E-state index in [2.05, 4.69) is 41.5 Å². The van der Waals surface area contributed by atoms with Crippen molar-refractivity contribution in [3.05, 3.63) is 30.3 Å². The molecule has 3 heteroatoms. The van der Waals surface area contributed by atoms with Gasteiger partial charge in [0.25, 0.3) is 0 Å². The van der Waals surface area contributed by atoms with E-state index in [-0.39, 0.29) is 18.3 Å². The summed E-state index contributed by atoms with van der Waals surface area (Å²) in [5, 5.41) is 0. The minimum atomic E-state index is -0.256. The van der Waals surface area contributed by atoms with E-state index in [1.54, 1.807) is 0 Å². The van der Waals surface area contributed by atoms with E-state index >= 15 is 0 Å². The van der Waals surface area contributed by atoms with Gasteiger partial charge in [0.15, 0.2) is 0 Å². The van der Waals surface area contributed by atoms with Gasteiger partial charge in [-0.15, -0.1) is 0 Å². The largest absolute Gasteiger partial charge is 0.494 e. The summed E-state index contributed by atoms with van der Waals surface area (Å²) in [6.07, 6.45) is 1.25. The molecule has 0 aliphatic carbocycles.